The molecule has 6 heterocycles. The molecule has 16 aromatic carbocycles. The van der Waals surface area contributed by atoms with Crippen molar-refractivity contribution >= 4 is 87.2 Å². The van der Waals surface area contributed by atoms with Crippen LogP contribution in [0.3, 0.4) is 0 Å². The van der Waals surface area contributed by atoms with Crippen molar-refractivity contribution in [3.8, 4) is 113 Å². The number of rotatable bonds is 12. The van der Waals surface area contributed by atoms with Gasteiger partial charge in [0.1, 0.15) is 0 Å². The van der Waals surface area contributed by atoms with Crippen molar-refractivity contribution in [1.82, 2.24) is 48.2 Å². The van der Waals surface area contributed by atoms with Gasteiger partial charge in [-0.1, -0.05) is 291 Å². The lowest BCUT2D eigenvalue weighted by molar-refractivity contribution is 1.07. The van der Waals surface area contributed by atoms with Crippen LogP contribution >= 0.6 is 0 Å². The largest absolute Gasteiger partial charge is 0.309 e. The van der Waals surface area contributed by atoms with Crippen molar-refractivity contribution in [2.75, 3.05) is 0 Å². The van der Waals surface area contributed by atoms with Gasteiger partial charge in [-0.3, -0.25) is 0 Å². The molecule has 22 rings (SSSR count). The fourth-order valence-corrected chi connectivity index (χ4v) is 16.3. The Labute approximate surface area is 645 Å². The molecule has 0 saturated carbocycles. The summed E-state index contributed by atoms with van der Waals surface area (Å²) in [5.74, 6) is 3.84. The second-order valence-electron chi connectivity index (χ2n) is 28.2. The Morgan fingerprint density at radius 2 is 0.348 bits per heavy atom. The maximum absolute atomic E-state index is 5.03. The Morgan fingerprint density at radius 1 is 0.125 bits per heavy atom. The molecule has 0 aliphatic heterocycles. The van der Waals surface area contributed by atoms with E-state index in [9.17, 15) is 0 Å². The SMILES string of the molecule is c1ccc(-c2nc(-c3ccccc3)nc(-c3cccc(-n4c5ccccc5c5cc(-c6ccc7c8ccccc8n(-c8ccccc8)c7c6)ccc54)c3)n2)cc1.c1ccc(-c2nc(-c3ccccc3)nc(-c3cccc(-n4c5ccccc5c5ccc(-c6ccc7c(c6)c6ccccc6n7-c6ccccc6)cc54)c3)n2)cc1. The summed E-state index contributed by atoms with van der Waals surface area (Å²) in [6, 6.07) is 141. The second-order valence-corrected chi connectivity index (χ2v) is 28.2. The summed E-state index contributed by atoms with van der Waals surface area (Å²) in [4.78, 5) is 29.9. The molecule has 0 N–H and O–H groups in total. The Bertz CT molecular complexity index is 7240. The predicted octanol–water partition coefficient (Wildman–Crippen LogP) is 25.5. The Hall–Kier alpha value is -15.3. The molecule has 0 aliphatic rings. The third-order valence-electron chi connectivity index (χ3n) is 21.5. The van der Waals surface area contributed by atoms with E-state index in [1.54, 1.807) is 0 Å². The molecule has 0 bridgehead atoms. The van der Waals surface area contributed by atoms with Crippen LogP contribution < -0.4 is 0 Å². The van der Waals surface area contributed by atoms with Crippen LogP contribution in [0.4, 0.5) is 0 Å². The summed E-state index contributed by atoms with van der Waals surface area (Å²) in [6.45, 7) is 0. The first-order chi connectivity index (χ1) is 55.5. The van der Waals surface area contributed by atoms with Crippen LogP contribution in [0.2, 0.25) is 0 Å². The molecular formula is C102H66N10. The lowest BCUT2D eigenvalue weighted by atomic mass is 10.0. The molecule has 10 heteroatoms. The highest BCUT2D eigenvalue weighted by molar-refractivity contribution is 6.15. The molecule has 0 spiro atoms. The second kappa shape index (κ2) is 27.5. The van der Waals surface area contributed by atoms with Crippen LogP contribution in [-0.4, -0.2) is 48.2 Å². The van der Waals surface area contributed by atoms with Crippen LogP contribution in [0.1, 0.15) is 0 Å². The maximum Gasteiger partial charge on any atom is 0.164 e. The summed E-state index contributed by atoms with van der Waals surface area (Å²) in [5.41, 5.74) is 24.0. The molecular weight excluding hydrogens is 1370 g/mol. The Kier molecular flexibility index (Phi) is 16.0. The molecule has 524 valence electrons. The van der Waals surface area contributed by atoms with Crippen LogP contribution in [0, 0.1) is 0 Å². The topological polar surface area (TPSA) is 97.1 Å². The van der Waals surface area contributed by atoms with E-state index in [-0.39, 0.29) is 0 Å². The Morgan fingerprint density at radius 3 is 0.696 bits per heavy atom. The van der Waals surface area contributed by atoms with Crippen LogP contribution in [0.15, 0.2) is 400 Å². The number of benzene rings is 16. The fraction of sp³-hybridized carbons (Fsp3) is 0. The fourth-order valence-electron chi connectivity index (χ4n) is 16.3. The number of aromatic nitrogens is 10. The zero-order chi connectivity index (χ0) is 74.0. The van der Waals surface area contributed by atoms with Crippen molar-refractivity contribution in [1.29, 1.82) is 0 Å². The zero-order valence-electron chi connectivity index (χ0n) is 60.6. The standard InChI is InChI=1S/2C51H33N5/c1-4-15-34(16-5-1)49-52-50(35-17-6-2-7-18-35)54-51(53-49)38-19-14-22-40(31-38)56-45-25-12-10-23-41(45)43-29-27-37(33-48(43)56)36-28-30-47-44(32-36)42-24-11-13-26-46(42)55(47)39-20-8-3-9-21-39;1-4-15-34(16-5-1)49-52-50(35-17-6-2-7-18-35)54-51(53-49)38-19-14-22-40(31-38)56-46-26-13-11-24-42(46)44-32-36(28-30-47(44)56)37-27-29-43-41-23-10-12-25-45(41)55(48(43)33-37)39-20-8-3-9-21-39/h2*1-33H. The lowest BCUT2D eigenvalue weighted by Gasteiger charge is -2.12. The monoisotopic (exact) mass is 1430 g/mol. The summed E-state index contributed by atoms with van der Waals surface area (Å²) in [6.07, 6.45) is 0. The van der Waals surface area contributed by atoms with Gasteiger partial charge in [-0.15, -0.1) is 0 Å². The Balaban J connectivity index is 0.000000141. The lowest BCUT2D eigenvalue weighted by Crippen LogP contribution is -2.01. The van der Waals surface area contributed by atoms with Gasteiger partial charge in [-0.05, 0) is 131 Å². The first-order valence-corrected chi connectivity index (χ1v) is 37.7. The highest BCUT2D eigenvalue weighted by Gasteiger charge is 2.22. The van der Waals surface area contributed by atoms with E-state index in [4.69, 9.17) is 29.9 Å². The van der Waals surface area contributed by atoms with Crippen molar-refractivity contribution in [3.63, 3.8) is 0 Å². The van der Waals surface area contributed by atoms with E-state index in [2.05, 4.69) is 297 Å². The zero-order valence-corrected chi connectivity index (χ0v) is 60.6. The number of para-hydroxylation sites is 6. The van der Waals surface area contributed by atoms with E-state index < -0.39 is 0 Å². The minimum absolute atomic E-state index is 0.629. The van der Waals surface area contributed by atoms with Gasteiger partial charge < -0.3 is 18.3 Å². The normalized spacial score (nSPS) is 11.6. The van der Waals surface area contributed by atoms with Gasteiger partial charge in [-0.2, -0.15) is 0 Å². The third-order valence-corrected chi connectivity index (χ3v) is 21.5. The van der Waals surface area contributed by atoms with E-state index in [0.29, 0.717) is 34.9 Å². The minimum Gasteiger partial charge on any atom is -0.309 e. The molecule has 10 nitrogen and oxygen atoms in total. The van der Waals surface area contributed by atoms with Crippen molar-refractivity contribution in [3.05, 3.63) is 400 Å². The van der Waals surface area contributed by atoms with Crippen LogP contribution in [-0.2, 0) is 0 Å². The van der Waals surface area contributed by atoms with Crippen molar-refractivity contribution in [2.45, 2.75) is 0 Å². The first kappa shape index (κ1) is 65.1. The molecule has 0 fully saturated rings. The van der Waals surface area contributed by atoms with E-state index in [1.807, 2.05) is 121 Å². The van der Waals surface area contributed by atoms with E-state index >= 15 is 0 Å². The number of fused-ring (bicyclic) bond motifs is 12. The highest BCUT2D eigenvalue weighted by Crippen LogP contribution is 2.42. The molecule has 0 unspecified atom stereocenters. The van der Waals surface area contributed by atoms with Gasteiger partial charge in [0, 0.05) is 99.2 Å². The average molecular weight is 1430 g/mol. The van der Waals surface area contributed by atoms with E-state index in [0.717, 1.165) is 83.8 Å². The first-order valence-electron chi connectivity index (χ1n) is 37.7. The summed E-state index contributed by atoms with van der Waals surface area (Å²) < 4.78 is 9.46. The van der Waals surface area contributed by atoms with Gasteiger partial charge in [0.05, 0.1) is 44.1 Å². The van der Waals surface area contributed by atoms with Crippen molar-refractivity contribution in [2.24, 2.45) is 0 Å². The van der Waals surface area contributed by atoms with Crippen LogP contribution in [0.5, 0.6) is 0 Å². The maximum atomic E-state index is 5.03. The number of hydrogen-bond donors (Lipinski definition) is 0. The van der Waals surface area contributed by atoms with Crippen LogP contribution in [0.25, 0.3) is 201 Å². The van der Waals surface area contributed by atoms with Gasteiger partial charge in [-0.25, -0.2) is 29.9 Å². The average Bonchev–Trinajstić information content (AvgIpc) is 1.59. The van der Waals surface area contributed by atoms with Gasteiger partial charge in [0.25, 0.3) is 0 Å². The van der Waals surface area contributed by atoms with Gasteiger partial charge in [0.2, 0.25) is 0 Å². The van der Waals surface area contributed by atoms with Gasteiger partial charge >= 0.3 is 0 Å². The predicted molar refractivity (Wildman–Crippen MR) is 460 cm³/mol. The third kappa shape index (κ3) is 11.5. The molecule has 0 aliphatic carbocycles. The molecule has 0 radical (unpaired) electrons. The molecule has 0 amide bonds. The smallest absolute Gasteiger partial charge is 0.164 e. The molecule has 112 heavy (non-hydrogen) atoms. The quantitative estimate of drug-likeness (QED) is 0.121. The summed E-state index contributed by atoms with van der Waals surface area (Å²) >= 11 is 0. The van der Waals surface area contributed by atoms with Gasteiger partial charge in [0.15, 0.2) is 34.9 Å². The highest BCUT2D eigenvalue weighted by atomic mass is 15.1. The molecule has 6 aromatic heterocycles. The molecule has 22 aromatic rings. The molecule has 0 saturated heterocycles. The summed E-state index contributed by atoms with van der Waals surface area (Å²) in [5, 5.41) is 9.78. The minimum atomic E-state index is 0.629. The van der Waals surface area contributed by atoms with E-state index in [1.165, 1.54) is 81.8 Å². The molecule has 0 atom stereocenters. The van der Waals surface area contributed by atoms with Crippen molar-refractivity contribution < 1.29 is 0 Å². The number of hydrogen-bond acceptors (Lipinski definition) is 6. The number of nitrogens with zero attached hydrogens (tertiary/aromatic N) is 10. The summed E-state index contributed by atoms with van der Waals surface area (Å²) in [7, 11) is 0.